The smallest absolute Gasteiger partial charge is 0.388 e. The summed E-state index contributed by atoms with van der Waals surface area (Å²) < 4.78 is 78.0. The minimum Gasteiger partial charge on any atom is -0.388 e. The zero-order valence-corrected chi connectivity index (χ0v) is 17.5. The summed E-state index contributed by atoms with van der Waals surface area (Å²) in [4.78, 5) is 23.7. The molecule has 0 aliphatic carbocycles. The lowest BCUT2D eigenvalue weighted by Gasteiger charge is -2.17. The van der Waals surface area contributed by atoms with Gasteiger partial charge in [0, 0.05) is 11.9 Å². The molecule has 0 unspecified atom stereocenters. The molecule has 182 valence electrons. The second kappa shape index (κ2) is 9.34. The van der Waals surface area contributed by atoms with Crippen molar-refractivity contribution in [1.29, 1.82) is 0 Å². The molecule has 0 aliphatic heterocycles. The van der Waals surface area contributed by atoms with Crippen molar-refractivity contribution in [3.05, 3.63) is 47.9 Å². The number of hydrogen-bond acceptors (Lipinski definition) is 9. The van der Waals surface area contributed by atoms with Crippen molar-refractivity contribution in [2.24, 2.45) is 0 Å². The van der Waals surface area contributed by atoms with E-state index < -0.39 is 29.3 Å². The van der Waals surface area contributed by atoms with Gasteiger partial charge in [0.05, 0.1) is 5.60 Å². The molecule has 0 atom stereocenters. The predicted octanol–water partition coefficient (Wildman–Crippen LogP) is 4.22. The summed E-state index contributed by atoms with van der Waals surface area (Å²) in [6, 6.07) is 4.97. The predicted molar refractivity (Wildman–Crippen MR) is 106 cm³/mol. The van der Waals surface area contributed by atoms with E-state index in [1.165, 1.54) is 26.0 Å². The second-order valence-electron chi connectivity index (χ2n) is 7.47. The summed E-state index contributed by atoms with van der Waals surface area (Å²) in [5.41, 5.74) is -1.68. The van der Waals surface area contributed by atoms with Crippen LogP contribution in [-0.4, -0.2) is 42.2 Å². The van der Waals surface area contributed by atoms with Crippen LogP contribution in [0.25, 0.3) is 11.5 Å². The molecule has 3 N–H and O–H groups in total. The molecule has 3 rings (SSSR count). The first-order valence-electron chi connectivity index (χ1n) is 9.42. The normalized spacial score (nSPS) is 12.5. The van der Waals surface area contributed by atoms with Crippen molar-refractivity contribution in [2.75, 3.05) is 17.4 Å². The van der Waals surface area contributed by atoms with E-state index in [9.17, 15) is 31.4 Å². The highest BCUT2D eigenvalue weighted by atomic mass is 19.4. The zero-order chi connectivity index (χ0) is 25.1. The largest absolute Gasteiger partial charge is 0.433 e. The first kappa shape index (κ1) is 25.0. The number of alkyl halides is 6. The van der Waals surface area contributed by atoms with Crippen molar-refractivity contribution in [2.45, 2.75) is 31.8 Å². The van der Waals surface area contributed by atoms with Crippen LogP contribution in [0.15, 0.2) is 36.5 Å². The molecule has 0 radical (unpaired) electrons. The topological polar surface area (TPSA) is 118 Å². The number of anilines is 3. The molecule has 0 amide bonds. The Morgan fingerprint density at radius 2 is 1.56 bits per heavy atom. The van der Waals surface area contributed by atoms with Gasteiger partial charge in [-0.05, 0) is 38.1 Å². The first-order valence-corrected chi connectivity index (χ1v) is 9.42. The molecular weight excluding hydrogens is 472 g/mol. The molecule has 9 nitrogen and oxygen atoms in total. The van der Waals surface area contributed by atoms with Crippen LogP contribution in [0, 0.1) is 0 Å². The van der Waals surface area contributed by atoms with Crippen molar-refractivity contribution in [3.63, 3.8) is 0 Å². The van der Waals surface area contributed by atoms with E-state index in [4.69, 9.17) is 4.84 Å². The SMILES string of the molecule is CC(C)(O)CONc1nc(Nc2ccnc(C(F)(F)F)c2)nc(-c2cccc(C(F)(F)F)n2)n1. The van der Waals surface area contributed by atoms with E-state index >= 15 is 0 Å². The molecule has 0 bridgehead atoms. The Hall–Kier alpha value is -3.59. The lowest BCUT2D eigenvalue weighted by atomic mass is 10.2. The highest BCUT2D eigenvalue weighted by Gasteiger charge is 2.33. The van der Waals surface area contributed by atoms with Crippen molar-refractivity contribution < 1.29 is 36.3 Å². The highest BCUT2D eigenvalue weighted by molar-refractivity contribution is 5.58. The molecule has 3 heterocycles. The fourth-order valence-corrected chi connectivity index (χ4v) is 2.38. The standard InChI is InChI=1S/C19H17F6N7O2/c1-17(2,33)9-34-32-16-30-14(11-4-3-5-12(28-11)18(20,21)22)29-15(31-16)27-10-6-7-26-13(8-10)19(23,24)25/h3-8,33H,9H2,1-2H3,(H2,26,27,29,30,31,32). The van der Waals surface area contributed by atoms with Gasteiger partial charge in [0.15, 0.2) is 5.82 Å². The van der Waals surface area contributed by atoms with Crippen LogP contribution in [0.3, 0.4) is 0 Å². The minimum absolute atomic E-state index is 0.0974. The summed E-state index contributed by atoms with van der Waals surface area (Å²) in [6.07, 6.45) is -8.53. The molecule has 0 aliphatic rings. The summed E-state index contributed by atoms with van der Waals surface area (Å²) in [7, 11) is 0. The molecule has 0 aromatic carbocycles. The second-order valence-corrected chi connectivity index (χ2v) is 7.47. The van der Waals surface area contributed by atoms with Gasteiger partial charge in [-0.1, -0.05) is 6.07 Å². The molecule has 0 fully saturated rings. The number of rotatable bonds is 7. The lowest BCUT2D eigenvalue weighted by Crippen LogP contribution is -2.28. The number of nitrogens with one attached hydrogen (secondary N) is 2. The lowest BCUT2D eigenvalue weighted by molar-refractivity contribution is -0.141. The maximum atomic E-state index is 13.1. The van der Waals surface area contributed by atoms with E-state index in [2.05, 4.69) is 35.7 Å². The Kier molecular flexibility index (Phi) is 6.88. The van der Waals surface area contributed by atoms with Crippen LogP contribution < -0.4 is 10.8 Å². The van der Waals surface area contributed by atoms with Gasteiger partial charge in [0.25, 0.3) is 5.95 Å². The Balaban J connectivity index is 1.98. The van der Waals surface area contributed by atoms with Crippen LogP contribution in [0.2, 0.25) is 0 Å². The highest BCUT2D eigenvalue weighted by Crippen LogP contribution is 2.31. The fraction of sp³-hybridized carbons (Fsp3) is 0.316. The third-order valence-corrected chi connectivity index (χ3v) is 3.80. The van der Waals surface area contributed by atoms with Gasteiger partial charge in [-0.15, -0.1) is 0 Å². The summed E-state index contributed by atoms with van der Waals surface area (Å²) >= 11 is 0. The Morgan fingerprint density at radius 1 is 0.882 bits per heavy atom. The zero-order valence-electron chi connectivity index (χ0n) is 17.5. The minimum atomic E-state index is -4.73. The van der Waals surface area contributed by atoms with Crippen LogP contribution in [0.4, 0.5) is 43.9 Å². The quantitative estimate of drug-likeness (QED) is 0.331. The van der Waals surface area contributed by atoms with Gasteiger partial charge in [-0.3, -0.25) is 9.82 Å². The molecule has 0 saturated heterocycles. The van der Waals surface area contributed by atoms with Gasteiger partial charge >= 0.3 is 12.4 Å². The van der Waals surface area contributed by atoms with Crippen LogP contribution in [0.1, 0.15) is 25.2 Å². The molecule has 0 spiro atoms. The summed E-state index contributed by atoms with van der Waals surface area (Å²) in [5.74, 6) is -0.956. The van der Waals surface area contributed by atoms with Gasteiger partial charge in [0.2, 0.25) is 5.95 Å². The third-order valence-electron chi connectivity index (χ3n) is 3.80. The summed E-state index contributed by atoms with van der Waals surface area (Å²) in [5, 5.41) is 12.3. The molecule has 34 heavy (non-hydrogen) atoms. The number of aromatic nitrogens is 5. The van der Waals surface area contributed by atoms with E-state index in [0.717, 1.165) is 18.3 Å². The maximum Gasteiger partial charge on any atom is 0.433 e. The third kappa shape index (κ3) is 6.95. The molecule has 3 aromatic heterocycles. The fourth-order valence-electron chi connectivity index (χ4n) is 2.38. The Labute approximate surface area is 188 Å². The number of aliphatic hydroxyl groups is 1. The molecule has 3 aromatic rings. The van der Waals surface area contributed by atoms with E-state index in [0.29, 0.717) is 6.07 Å². The van der Waals surface area contributed by atoms with Crippen LogP contribution in [0.5, 0.6) is 0 Å². The number of hydrogen-bond donors (Lipinski definition) is 3. The van der Waals surface area contributed by atoms with Crippen molar-refractivity contribution in [1.82, 2.24) is 24.9 Å². The first-order chi connectivity index (χ1) is 15.7. The van der Waals surface area contributed by atoms with E-state index in [1.54, 1.807) is 0 Å². The van der Waals surface area contributed by atoms with Crippen LogP contribution >= 0.6 is 0 Å². The van der Waals surface area contributed by atoms with E-state index in [-0.39, 0.29) is 35.7 Å². The van der Waals surface area contributed by atoms with Gasteiger partial charge in [0.1, 0.15) is 23.7 Å². The maximum absolute atomic E-state index is 13.1. The van der Waals surface area contributed by atoms with Crippen LogP contribution in [-0.2, 0) is 17.2 Å². The molecule has 15 heteroatoms. The monoisotopic (exact) mass is 489 g/mol. The average Bonchev–Trinajstić information content (AvgIpc) is 2.72. The Morgan fingerprint density at radius 3 is 2.21 bits per heavy atom. The number of nitrogens with zero attached hydrogens (tertiary/aromatic N) is 5. The number of halogens is 6. The average molecular weight is 489 g/mol. The van der Waals surface area contributed by atoms with Gasteiger partial charge < -0.3 is 10.4 Å². The Bertz CT molecular complexity index is 1150. The molecular formula is C19H17F6N7O2. The molecule has 0 saturated carbocycles. The summed E-state index contributed by atoms with van der Waals surface area (Å²) in [6.45, 7) is 2.68. The van der Waals surface area contributed by atoms with Crippen molar-refractivity contribution in [3.8, 4) is 11.5 Å². The van der Waals surface area contributed by atoms with E-state index in [1.807, 2.05) is 0 Å². The van der Waals surface area contributed by atoms with Crippen molar-refractivity contribution >= 4 is 17.6 Å². The van der Waals surface area contributed by atoms with Gasteiger partial charge in [-0.25, -0.2) is 10.5 Å². The number of pyridine rings is 2. The van der Waals surface area contributed by atoms with Gasteiger partial charge in [-0.2, -0.15) is 41.3 Å².